The summed E-state index contributed by atoms with van der Waals surface area (Å²) in [5.41, 5.74) is 0.854. The van der Waals surface area contributed by atoms with E-state index in [4.69, 9.17) is 4.74 Å². The maximum atomic E-state index is 5.72. The van der Waals surface area contributed by atoms with Crippen LogP contribution in [0.25, 0.3) is 0 Å². The third kappa shape index (κ3) is 1.76. The average molecular weight is 182 g/mol. The molecule has 1 aliphatic heterocycles. The van der Waals surface area contributed by atoms with Crippen LogP contribution in [0.1, 0.15) is 52.9 Å². The topological polar surface area (TPSA) is 9.23 Å². The smallest absolute Gasteiger partial charge is 0.0704 e. The average Bonchev–Trinajstić information content (AvgIpc) is 2.00. The van der Waals surface area contributed by atoms with Gasteiger partial charge in [0.15, 0.2) is 0 Å². The van der Waals surface area contributed by atoms with Crippen LogP contribution in [0.15, 0.2) is 0 Å². The van der Waals surface area contributed by atoms with E-state index in [0.717, 1.165) is 12.5 Å². The first-order valence-electron chi connectivity index (χ1n) is 5.66. The van der Waals surface area contributed by atoms with Crippen LogP contribution in [-0.4, -0.2) is 12.2 Å². The van der Waals surface area contributed by atoms with Crippen molar-refractivity contribution in [3.8, 4) is 0 Å². The predicted octanol–water partition coefficient (Wildman–Crippen LogP) is 3.38. The molecular formula is C12H22O. The molecule has 1 heteroatoms. The van der Waals surface area contributed by atoms with Gasteiger partial charge in [-0.1, -0.05) is 20.8 Å². The van der Waals surface area contributed by atoms with Gasteiger partial charge in [-0.3, -0.25) is 0 Å². The molecule has 0 N–H and O–H groups in total. The van der Waals surface area contributed by atoms with Gasteiger partial charge in [0.1, 0.15) is 0 Å². The molecule has 0 aromatic carbocycles. The molecule has 1 spiro atoms. The maximum absolute atomic E-state index is 5.72. The van der Waals surface area contributed by atoms with Crippen molar-refractivity contribution in [2.45, 2.75) is 58.5 Å². The summed E-state index contributed by atoms with van der Waals surface area (Å²) in [7, 11) is 0. The maximum Gasteiger partial charge on any atom is 0.0704 e. The van der Waals surface area contributed by atoms with Gasteiger partial charge in [-0.25, -0.2) is 0 Å². The van der Waals surface area contributed by atoms with Gasteiger partial charge >= 0.3 is 0 Å². The van der Waals surface area contributed by atoms with Gasteiger partial charge in [-0.2, -0.15) is 0 Å². The fraction of sp³-hybridized carbons (Fsp3) is 1.00. The third-order valence-electron chi connectivity index (χ3n) is 4.09. The molecule has 1 saturated carbocycles. The van der Waals surface area contributed by atoms with Gasteiger partial charge in [0, 0.05) is 0 Å². The summed E-state index contributed by atoms with van der Waals surface area (Å²) >= 11 is 0. The number of rotatable bonds is 0. The van der Waals surface area contributed by atoms with Crippen molar-refractivity contribution in [2.75, 3.05) is 6.61 Å². The fourth-order valence-corrected chi connectivity index (χ4v) is 2.79. The van der Waals surface area contributed by atoms with Crippen LogP contribution in [0.3, 0.4) is 0 Å². The van der Waals surface area contributed by atoms with Crippen molar-refractivity contribution in [1.29, 1.82) is 0 Å². The molecule has 0 unspecified atom stereocenters. The Morgan fingerprint density at radius 1 is 1.08 bits per heavy atom. The second-order valence-electron chi connectivity index (χ2n) is 5.92. The highest BCUT2D eigenvalue weighted by Gasteiger charge is 2.43. The molecule has 13 heavy (non-hydrogen) atoms. The zero-order chi connectivity index (χ0) is 9.53. The number of ether oxygens (including phenoxy) is 1. The Kier molecular flexibility index (Phi) is 2.18. The number of hydrogen-bond acceptors (Lipinski definition) is 1. The Balaban J connectivity index is 1.89. The van der Waals surface area contributed by atoms with Crippen LogP contribution in [-0.2, 0) is 4.74 Å². The summed E-state index contributed by atoms with van der Waals surface area (Å²) < 4.78 is 5.72. The number of hydrogen-bond donors (Lipinski definition) is 0. The second kappa shape index (κ2) is 2.98. The van der Waals surface area contributed by atoms with Gasteiger partial charge in [-0.15, -0.1) is 0 Å². The molecule has 0 bridgehead atoms. The molecule has 0 atom stereocenters. The van der Waals surface area contributed by atoms with Crippen LogP contribution < -0.4 is 0 Å². The van der Waals surface area contributed by atoms with Gasteiger partial charge < -0.3 is 4.74 Å². The molecule has 2 fully saturated rings. The van der Waals surface area contributed by atoms with E-state index >= 15 is 0 Å². The van der Waals surface area contributed by atoms with E-state index in [1.807, 2.05) is 0 Å². The highest BCUT2D eigenvalue weighted by Crippen LogP contribution is 2.47. The lowest BCUT2D eigenvalue weighted by Gasteiger charge is -2.49. The van der Waals surface area contributed by atoms with E-state index in [0.29, 0.717) is 11.0 Å². The highest BCUT2D eigenvalue weighted by molar-refractivity contribution is 4.94. The molecule has 1 heterocycles. The molecule has 1 aliphatic carbocycles. The van der Waals surface area contributed by atoms with E-state index in [1.165, 1.54) is 32.1 Å². The molecule has 0 amide bonds. The van der Waals surface area contributed by atoms with Gasteiger partial charge in [-0.05, 0) is 43.4 Å². The van der Waals surface area contributed by atoms with Crippen molar-refractivity contribution >= 4 is 0 Å². The minimum absolute atomic E-state index is 0.349. The van der Waals surface area contributed by atoms with Crippen LogP contribution >= 0.6 is 0 Å². The molecule has 0 aromatic heterocycles. The first-order chi connectivity index (χ1) is 6.02. The van der Waals surface area contributed by atoms with Crippen molar-refractivity contribution < 1.29 is 4.74 Å². The summed E-state index contributed by atoms with van der Waals surface area (Å²) in [6.07, 6.45) is 6.71. The monoisotopic (exact) mass is 182 g/mol. The third-order valence-corrected chi connectivity index (χ3v) is 4.09. The minimum Gasteiger partial charge on any atom is -0.375 e. The molecule has 2 aliphatic rings. The fourth-order valence-electron chi connectivity index (χ4n) is 2.79. The molecule has 0 radical (unpaired) electrons. The summed E-state index contributed by atoms with van der Waals surface area (Å²) in [5.74, 6) is 0.919. The van der Waals surface area contributed by atoms with E-state index in [-0.39, 0.29) is 0 Å². The minimum atomic E-state index is 0.349. The largest absolute Gasteiger partial charge is 0.375 e. The normalized spacial score (nSPS) is 40.4. The Morgan fingerprint density at radius 2 is 1.62 bits per heavy atom. The summed E-state index contributed by atoms with van der Waals surface area (Å²) in [6, 6.07) is 0. The Bertz CT molecular complexity index is 176. The molecule has 1 saturated heterocycles. The van der Waals surface area contributed by atoms with Crippen LogP contribution in [0.4, 0.5) is 0 Å². The summed E-state index contributed by atoms with van der Waals surface area (Å²) in [6.45, 7) is 8.13. The van der Waals surface area contributed by atoms with E-state index in [1.54, 1.807) is 0 Å². The zero-order valence-electron chi connectivity index (χ0n) is 9.23. The molecule has 76 valence electrons. The SMILES string of the molecule is CC(C)(C)C1CCC2(CCO2)CC1. The van der Waals surface area contributed by atoms with Gasteiger partial charge in [0.05, 0.1) is 12.2 Å². The van der Waals surface area contributed by atoms with Crippen LogP contribution in [0.5, 0.6) is 0 Å². The van der Waals surface area contributed by atoms with Crippen LogP contribution in [0.2, 0.25) is 0 Å². The molecule has 0 aromatic rings. The Labute approximate surface area is 81.9 Å². The first kappa shape index (κ1) is 9.51. The van der Waals surface area contributed by atoms with Crippen molar-refractivity contribution in [2.24, 2.45) is 11.3 Å². The standard InChI is InChI=1S/C12H22O/c1-11(2,3)10-4-6-12(7-5-10)8-9-13-12/h10H,4-9H2,1-3H3. The first-order valence-corrected chi connectivity index (χ1v) is 5.66. The van der Waals surface area contributed by atoms with Crippen LogP contribution in [0, 0.1) is 11.3 Å². The lowest BCUT2D eigenvalue weighted by Crippen LogP contribution is -2.47. The van der Waals surface area contributed by atoms with Crippen molar-refractivity contribution in [3.05, 3.63) is 0 Å². The predicted molar refractivity (Wildman–Crippen MR) is 54.7 cm³/mol. The molecular weight excluding hydrogens is 160 g/mol. The van der Waals surface area contributed by atoms with E-state index in [2.05, 4.69) is 20.8 Å². The lowest BCUT2D eigenvalue weighted by molar-refractivity contribution is -0.174. The Morgan fingerprint density at radius 3 is 1.92 bits per heavy atom. The molecule has 1 nitrogen and oxygen atoms in total. The van der Waals surface area contributed by atoms with E-state index in [9.17, 15) is 0 Å². The quantitative estimate of drug-likeness (QED) is 0.558. The summed E-state index contributed by atoms with van der Waals surface area (Å²) in [4.78, 5) is 0. The second-order valence-corrected chi connectivity index (χ2v) is 5.92. The molecule has 2 rings (SSSR count). The Hall–Kier alpha value is -0.0400. The summed E-state index contributed by atoms with van der Waals surface area (Å²) in [5, 5.41) is 0. The van der Waals surface area contributed by atoms with Crippen molar-refractivity contribution in [1.82, 2.24) is 0 Å². The highest BCUT2D eigenvalue weighted by atomic mass is 16.5. The van der Waals surface area contributed by atoms with E-state index < -0.39 is 0 Å². The van der Waals surface area contributed by atoms with Gasteiger partial charge in [0.2, 0.25) is 0 Å². The van der Waals surface area contributed by atoms with Gasteiger partial charge in [0.25, 0.3) is 0 Å². The zero-order valence-corrected chi connectivity index (χ0v) is 9.23. The lowest BCUT2D eigenvalue weighted by atomic mass is 9.67. The van der Waals surface area contributed by atoms with Crippen molar-refractivity contribution in [3.63, 3.8) is 0 Å².